The van der Waals surface area contributed by atoms with E-state index in [1.165, 1.54) is 45.3 Å². The summed E-state index contributed by atoms with van der Waals surface area (Å²) in [7, 11) is 0. The third kappa shape index (κ3) is 5.23. The number of aryl methyl sites for hydroxylation is 6. The molecule has 7 aromatic rings. The normalized spacial score (nSPS) is 12.0. The second-order valence-electron chi connectivity index (χ2n) is 13.1. The molecule has 6 heterocycles. The molecule has 1 aliphatic heterocycles. The van der Waals surface area contributed by atoms with Crippen LogP contribution in [0, 0.1) is 41.5 Å². The number of fused-ring (bicyclic) bond motifs is 9. The summed E-state index contributed by atoms with van der Waals surface area (Å²) in [5, 5.41) is 0.501. The van der Waals surface area contributed by atoms with Gasteiger partial charge in [-0.2, -0.15) is 0 Å². The number of hydrogen-bond donors (Lipinski definition) is 3. The van der Waals surface area contributed by atoms with Crippen molar-refractivity contribution in [2.75, 3.05) is 0 Å². The number of H-pyrrole nitrogens is 3. The lowest BCUT2D eigenvalue weighted by atomic mass is 9.92. The van der Waals surface area contributed by atoms with Gasteiger partial charge in [-0.05, 0) is 123 Å². The van der Waals surface area contributed by atoms with Crippen LogP contribution in [0.3, 0.4) is 0 Å². The number of aromatic nitrogens is 6. The van der Waals surface area contributed by atoms with Crippen molar-refractivity contribution in [1.82, 2.24) is 29.9 Å². The van der Waals surface area contributed by atoms with Gasteiger partial charge >= 0.3 is 0 Å². The van der Waals surface area contributed by atoms with E-state index in [2.05, 4.69) is 133 Å². The molecule has 0 spiro atoms. The summed E-state index contributed by atoms with van der Waals surface area (Å²) in [4.78, 5) is 25.2. The lowest BCUT2D eigenvalue weighted by Crippen LogP contribution is -1.94. The van der Waals surface area contributed by atoms with Crippen molar-refractivity contribution in [1.29, 1.82) is 0 Å². The van der Waals surface area contributed by atoms with E-state index >= 15 is 0 Å². The predicted molar refractivity (Wildman–Crippen MR) is 206 cm³/mol. The molecule has 8 heteroatoms. The minimum atomic E-state index is 0.250. The second-order valence-corrected chi connectivity index (χ2v) is 13.8. The molecule has 0 amide bonds. The predicted octanol–water partition coefficient (Wildman–Crippen LogP) is 11.6. The van der Waals surface area contributed by atoms with E-state index in [1.807, 2.05) is 6.08 Å². The van der Waals surface area contributed by atoms with Crippen LogP contribution in [0.2, 0.25) is 10.3 Å². The highest BCUT2D eigenvalue weighted by Gasteiger charge is 2.22. The van der Waals surface area contributed by atoms with Crippen LogP contribution in [0.5, 0.6) is 0 Å². The standard InChI is InChI=1S/C41H34Cl2N6/c1-20-15-22(3)34(23(4)16-20)36-28-9-7-26(46-28)27-8-10-29(47-27)37(35-24(5)17-21(2)18-25(35)6)31-12-14-33(49-31)38(32-13-11-30(36)48-32)39-40(42)44-19-45-41(39)43/h7-19,46-48H,1-6H3. The Hall–Kier alpha value is -5.17. The summed E-state index contributed by atoms with van der Waals surface area (Å²) < 4.78 is 0. The number of hydrogen-bond acceptors (Lipinski definition) is 3. The van der Waals surface area contributed by atoms with Gasteiger partial charge in [-0.25, -0.2) is 15.0 Å². The van der Waals surface area contributed by atoms with E-state index < -0.39 is 0 Å². The smallest absolute Gasteiger partial charge is 0.141 e. The molecular weight excluding hydrogens is 647 g/mol. The highest BCUT2D eigenvalue weighted by Crippen LogP contribution is 2.41. The Balaban J connectivity index is 1.61. The van der Waals surface area contributed by atoms with Gasteiger partial charge in [0.1, 0.15) is 16.6 Å². The molecule has 242 valence electrons. The molecule has 0 unspecified atom stereocenters. The van der Waals surface area contributed by atoms with Gasteiger partial charge < -0.3 is 15.0 Å². The molecule has 49 heavy (non-hydrogen) atoms. The summed E-state index contributed by atoms with van der Waals surface area (Å²) in [6, 6.07) is 21.6. The Kier molecular flexibility index (Phi) is 7.47. The van der Waals surface area contributed by atoms with Gasteiger partial charge in [0.15, 0.2) is 0 Å². The Morgan fingerprint density at radius 3 is 1.22 bits per heavy atom. The molecule has 0 atom stereocenters. The molecule has 0 radical (unpaired) electrons. The maximum Gasteiger partial charge on any atom is 0.141 e. The van der Waals surface area contributed by atoms with Crippen LogP contribution in [0.25, 0.3) is 78.6 Å². The second kappa shape index (κ2) is 11.8. The van der Waals surface area contributed by atoms with Crippen molar-refractivity contribution in [2.45, 2.75) is 41.5 Å². The lowest BCUT2D eigenvalue weighted by Gasteiger charge is -2.13. The summed E-state index contributed by atoms with van der Waals surface area (Å²) >= 11 is 13.6. The maximum absolute atomic E-state index is 6.82. The average Bonchev–Trinajstić information content (AvgIpc) is 3.86. The van der Waals surface area contributed by atoms with Crippen molar-refractivity contribution in [2.24, 2.45) is 0 Å². The molecule has 1 aliphatic rings. The minimum absolute atomic E-state index is 0.250. The van der Waals surface area contributed by atoms with Crippen LogP contribution in [0.4, 0.5) is 0 Å². The van der Waals surface area contributed by atoms with Crippen molar-refractivity contribution in [3.63, 3.8) is 0 Å². The van der Waals surface area contributed by atoms with E-state index in [4.69, 9.17) is 28.2 Å². The monoisotopic (exact) mass is 680 g/mol. The Morgan fingerprint density at radius 1 is 0.429 bits per heavy atom. The van der Waals surface area contributed by atoms with Crippen LogP contribution < -0.4 is 0 Å². The van der Waals surface area contributed by atoms with E-state index in [-0.39, 0.29) is 10.3 Å². The molecule has 0 fully saturated rings. The molecule has 6 nitrogen and oxygen atoms in total. The summed E-state index contributed by atoms with van der Waals surface area (Å²) in [5.74, 6) is 0. The minimum Gasteiger partial charge on any atom is -0.354 e. The number of benzene rings is 2. The number of nitrogens with zero attached hydrogens (tertiary/aromatic N) is 3. The largest absolute Gasteiger partial charge is 0.354 e. The Labute approximate surface area is 294 Å². The zero-order chi connectivity index (χ0) is 34.1. The Morgan fingerprint density at radius 2 is 0.776 bits per heavy atom. The van der Waals surface area contributed by atoms with Crippen molar-refractivity contribution in [3.8, 4) is 33.4 Å². The highest BCUT2D eigenvalue weighted by molar-refractivity contribution is 6.38. The van der Waals surface area contributed by atoms with Crippen LogP contribution >= 0.6 is 23.2 Å². The maximum atomic E-state index is 6.82. The number of nitrogens with one attached hydrogen (secondary N) is 3. The zero-order valence-electron chi connectivity index (χ0n) is 28.1. The van der Waals surface area contributed by atoms with Crippen LogP contribution in [-0.4, -0.2) is 29.9 Å². The van der Waals surface area contributed by atoms with Gasteiger partial charge in [-0.1, -0.05) is 58.6 Å². The Bertz CT molecular complexity index is 2590. The van der Waals surface area contributed by atoms with Gasteiger partial charge in [0.2, 0.25) is 0 Å². The van der Waals surface area contributed by atoms with Gasteiger partial charge in [-0.3, -0.25) is 0 Å². The SMILES string of the molecule is Cc1cc(C)c(-c2c3nc(c(-c4c(Cl)ncnc4Cl)c4ccc([nH]4)c(-c4c(C)cc(C)cc4C)c4ccc([nH]4)c4ccc2[nH]4)C=C3)c(C)c1. The first-order valence-corrected chi connectivity index (χ1v) is 17.0. The van der Waals surface area contributed by atoms with E-state index in [0.29, 0.717) is 11.3 Å². The average molecular weight is 682 g/mol. The van der Waals surface area contributed by atoms with Crippen molar-refractivity contribution >= 4 is 68.5 Å². The molecule has 0 aliphatic carbocycles. The third-order valence-corrected chi connectivity index (χ3v) is 10.0. The molecule has 0 saturated carbocycles. The van der Waals surface area contributed by atoms with E-state index in [1.54, 1.807) is 0 Å². The summed E-state index contributed by atoms with van der Waals surface area (Å²) in [6.45, 7) is 12.9. The van der Waals surface area contributed by atoms with Crippen LogP contribution in [0.1, 0.15) is 44.8 Å². The zero-order valence-corrected chi connectivity index (χ0v) is 29.6. The first-order chi connectivity index (χ1) is 23.6. The van der Waals surface area contributed by atoms with E-state index in [0.717, 1.165) is 61.0 Å². The van der Waals surface area contributed by atoms with E-state index in [9.17, 15) is 0 Å². The number of halogens is 2. The molecule has 8 bridgehead atoms. The van der Waals surface area contributed by atoms with Gasteiger partial charge in [0, 0.05) is 38.8 Å². The third-order valence-electron chi connectivity index (χ3n) is 9.44. The lowest BCUT2D eigenvalue weighted by molar-refractivity contribution is 1.17. The first-order valence-electron chi connectivity index (χ1n) is 16.2. The fourth-order valence-electron chi connectivity index (χ4n) is 7.64. The van der Waals surface area contributed by atoms with Crippen molar-refractivity contribution in [3.05, 3.63) is 122 Å². The number of aromatic amines is 3. The van der Waals surface area contributed by atoms with Gasteiger partial charge in [0.05, 0.1) is 28.0 Å². The van der Waals surface area contributed by atoms with Crippen LogP contribution in [-0.2, 0) is 0 Å². The molecule has 0 saturated heterocycles. The first kappa shape index (κ1) is 31.1. The summed E-state index contributed by atoms with van der Waals surface area (Å²) in [5.41, 5.74) is 20.0. The van der Waals surface area contributed by atoms with Gasteiger partial charge in [-0.15, -0.1) is 0 Å². The van der Waals surface area contributed by atoms with Crippen LogP contribution in [0.15, 0.2) is 67.0 Å². The molecule has 2 aromatic carbocycles. The number of rotatable bonds is 3. The topological polar surface area (TPSA) is 86.0 Å². The van der Waals surface area contributed by atoms with Gasteiger partial charge in [0.25, 0.3) is 0 Å². The molecule has 8 rings (SSSR count). The fraction of sp³-hybridized carbons (Fsp3) is 0.146. The quantitative estimate of drug-likeness (QED) is 0.162. The van der Waals surface area contributed by atoms with Crippen molar-refractivity contribution < 1.29 is 0 Å². The highest BCUT2D eigenvalue weighted by atomic mass is 35.5. The molecule has 3 N–H and O–H groups in total. The molecular formula is C41H34Cl2N6. The molecule has 5 aromatic heterocycles. The fourth-order valence-corrected chi connectivity index (χ4v) is 8.14. The summed E-state index contributed by atoms with van der Waals surface area (Å²) in [6.07, 6.45) is 5.46.